The standard InChI is InChI=1S/C12H14FN3O4S/c1-3-4-5-16-10-9(11(17)15(2)12(16)18)6-8(7-14-10)21(13,19)20/h6-7H,3-5H2,1-2H3. The van der Waals surface area contributed by atoms with Gasteiger partial charge in [0.2, 0.25) is 0 Å². The molecule has 0 N–H and O–H groups in total. The molecule has 0 spiro atoms. The van der Waals surface area contributed by atoms with Crippen LogP contribution in [0, 0.1) is 0 Å². The van der Waals surface area contributed by atoms with E-state index in [1.54, 1.807) is 0 Å². The van der Waals surface area contributed by atoms with Crippen LogP contribution in [0.2, 0.25) is 0 Å². The third-order valence-electron chi connectivity index (χ3n) is 3.17. The Morgan fingerprint density at radius 3 is 2.57 bits per heavy atom. The van der Waals surface area contributed by atoms with Crippen molar-refractivity contribution in [1.82, 2.24) is 14.1 Å². The number of unbranched alkanes of at least 4 members (excludes halogenated alkanes) is 1. The van der Waals surface area contributed by atoms with Crippen molar-refractivity contribution >= 4 is 21.3 Å². The lowest BCUT2D eigenvalue weighted by atomic mass is 10.3. The number of fused-ring (bicyclic) bond motifs is 1. The molecule has 7 nitrogen and oxygen atoms in total. The molecule has 0 bridgehead atoms. The topological polar surface area (TPSA) is 91.0 Å². The first-order chi connectivity index (χ1) is 9.77. The van der Waals surface area contributed by atoms with Crippen LogP contribution in [-0.4, -0.2) is 22.5 Å². The van der Waals surface area contributed by atoms with Crippen LogP contribution in [0.3, 0.4) is 0 Å². The van der Waals surface area contributed by atoms with E-state index >= 15 is 0 Å². The molecule has 0 aliphatic carbocycles. The highest BCUT2D eigenvalue weighted by atomic mass is 32.3. The van der Waals surface area contributed by atoms with Crippen molar-refractivity contribution in [3.63, 3.8) is 0 Å². The Morgan fingerprint density at radius 1 is 1.33 bits per heavy atom. The zero-order chi connectivity index (χ0) is 15.8. The van der Waals surface area contributed by atoms with E-state index in [2.05, 4.69) is 4.98 Å². The number of nitrogens with zero attached hydrogens (tertiary/aromatic N) is 3. The van der Waals surface area contributed by atoms with Gasteiger partial charge < -0.3 is 0 Å². The first-order valence-corrected chi connectivity index (χ1v) is 7.70. The van der Waals surface area contributed by atoms with E-state index in [1.165, 1.54) is 11.6 Å². The molecule has 0 saturated heterocycles. The highest BCUT2D eigenvalue weighted by Gasteiger charge is 2.17. The number of rotatable bonds is 4. The third kappa shape index (κ3) is 2.73. The molecule has 0 fully saturated rings. The van der Waals surface area contributed by atoms with Gasteiger partial charge in [-0.1, -0.05) is 13.3 Å². The van der Waals surface area contributed by atoms with Gasteiger partial charge in [-0.3, -0.25) is 13.9 Å². The van der Waals surface area contributed by atoms with Gasteiger partial charge in [-0.25, -0.2) is 9.78 Å². The van der Waals surface area contributed by atoms with E-state index in [-0.39, 0.29) is 11.0 Å². The maximum atomic E-state index is 13.0. The molecular weight excluding hydrogens is 301 g/mol. The molecule has 2 rings (SSSR count). The van der Waals surface area contributed by atoms with Gasteiger partial charge in [0.05, 0.1) is 11.6 Å². The fraction of sp³-hybridized carbons (Fsp3) is 0.417. The quantitative estimate of drug-likeness (QED) is 0.769. The third-order valence-corrected chi connectivity index (χ3v) is 3.95. The molecule has 0 amide bonds. The summed E-state index contributed by atoms with van der Waals surface area (Å²) in [5.74, 6) is 0. The Hall–Kier alpha value is -2.03. The summed E-state index contributed by atoms with van der Waals surface area (Å²) < 4.78 is 37.0. The van der Waals surface area contributed by atoms with Crippen LogP contribution in [0.25, 0.3) is 11.0 Å². The van der Waals surface area contributed by atoms with Crippen molar-refractivity contribution in [2.75, 3.05) is 0 Å². The molecule has 2 aromatic heterocycles. The average Bonchev–Trinajstić information content (AvgIpc) is 2.43. The average molecular weight is 315 g/mol. The molecule has 9 heteroatoms. The lowest BCUT2D eigenvalue weighted by Crippen LogP contribution is -2.38. The van der Waals surface area contributed by atoms with Crippen molar-refractivity contribution < 1.29 is 12.3 Å². The Balaban J connectivity index is 2.87. The summed E-state index contributed by atoms with van der Waals surface area (Å²) >= 11 is 0. The Bertz CT molecular complexity index is 914. The SMILES string of the molecule is CCCCn1c(=O)n(C)c(=O)c2cc(S(=O)(=O)F)cnc21. The number of hydrogen-bond donors (Lipinski definition) is 0. The minimum absolute atomic E-state index is 0.0592. The van der Waals surface area contributed by atoms with Crippen LogP contribution in [0.4, 0.5) is 3.89 Å². The van der Waals surface area contributed by atoms with Gasteiger partial charge in [-0.2, -0.15) is 8.42 Å². The fourth-order valence-electron chi connectivity index (χ4n) is 2.00. The number of halogens is 1. The molecule has 0 aliphatic rings. The van der Waals surface area contributed by atoms with Gasteiger partial charge in [0.1, 0.15) is 10.5 Å². The summed E-state index contributed by atoms with van der Waals surface area (Å²) in [7, 11) is -3.68. The van der Waals surface area contributed by atoms with E-state index in [1.807, 2.05) is 6.92 Å². The number of pyridine rings is 1. The summed E-state index contributed by atoms with van der Waals surface area (Å²) in [5.41, 5.74) is -1.19. The fourth-order valence-corrected chi connectivity index (χ4v) is 2.44. The Labute approximate surface area is 119 Å². The number of aryl methyl sites for hydroxylation is 1. The minimum Gasteiger partial charge on any atom is -0.277 e. The van der Waals surface area contributed by atoms with Gasteiger partial charge in [-0.15, -0.1) is 3.89 Å². The zero-order valence-corrected chi connectivity index (χ0v) is 12.4. The van der Waals surface area contributed by atoms with E-state index in [9.17, 15) is 21.9 Å². The van der Waals surface area contributed by atoms with Gasteiger partial charge >= 0.3 is 15.9 Å². The van der Waals surface area contributed by atoms with E-state index in [0.717, 1.165) is 23.3 Å². The predicted octanol–water partition coefficient (Wildman–Crippen LogP) is 0.553. The lowest BCUT2D eigenvalue weighted by molar-refractivity contribution is 0.551. The van der Waals surface area contributed by atoms with Gasteiger partial charge in [0.15, 0.2) is 0 Å². The van der Waals surface area contributed by atoms with Gasteiger partial charge in [0.25, 0.3) is 5.56 Å². The van der Waals surface area contributed by atoms with Crippen LogP contribution < -0.4 is 11.2 Å². The van der Waals surface area contributed by atoms with Crippen LogP contribution >= 0.6 is 0 Å². The smallest absolute Gasteiger partial charge is 0.277 e. The van der Waals surface area contributed by atoms with Crippen LogP contribution in [0.15, 0.2) is 26.7 Å². The molecule has 0 saturated carbocycles. The highest BCUT2D eigenvalue weighted by Crippen LogP contribution is 2.15. The highest BCUT2D eigenvalue weighted by molar-refractivity contribution is 7.86. The summed E-state index contributed by atoms with van der Waals surface area (Å²) in [6.07, 6.45) is 2.32. The second-order valence-electron chi connectivity index (χ2n) is 4.63. The molecule has 2 heterocycles. The van der Waals surface area contributed by atoms with Crippen LogP contribution in [0.1, 0.15) is 19.8 Å². The monoisotopic (exact) mass is 315 g/mol. The molecule has 2 aromatic rings. The molecule has 114 valence electrons. The minimum atomic E-state index is -4.96. The lowest BCUT2D eigenvalue weighted by Gasteiger charge is -2.10. The van der Waals surface area contributed by atoms with Crippen molar-refractivity contribution in [3.05, 3.63) is 33.1 Å². The molecule has 0 radical (unpaired) electrons. The first-order valence-electron chi connectivity index (χ1n) is 6.31. The summed E-state index contributed by atoms with van der Waals surface area (Å²) in [6, 6.07) is 0.905. The summed E-state index contributed by atoms with van der Waals surface area (Å²) in [5, 5.41) is -0.105. The first kappa shape index (κ1) is 15.4. The molecular formula is C12H14FN3O4S. The molecule has 0 atom stereocenters. The Kier molecular flexibility index (Phi) is 3.95. The maximum absolute atomic E-state index is 13.0. The number of aromatic nitrogens is 3. The number of hydrogen-bond acceptors (Lipinski definition) is 5. The van der Waals surface area contributed by atoms with Crippen molar-refractivity contribution in [1.29, 1.82) is 0 Å². The largest absolute Gasteiger partial charge is 0.333 e. The van der Waals surface area contributed by atoms with E-state index in [0.29, 0.717) is 13.0 Å². The summed E-state index contributed by atoms with van der Waals surface area (Å²) in [6.45, 7) is 2.28. The maximum Gasteiger partial charge on any atom is 0.333 e. The van der Waals surface area contributed by atoms with Gasteiger partial charge in [0, 0.05) is 13.6 Å². The van der Waals surface area contributed by atoms with Gasteiger partial charge in [-0.05, 0) is 12.5 Å². The second kappa shape index (κ2) is 5.40. The molecule has 0 aromatic carbocycles. The van der Waals surface area contributed by atoms with Crippen LogP contribution in [0.5, 0.6) is 0 Å². The zero-order valence-electron chi connectivity index (χ0n) is 11.5. The molecule has 21 heavy (non-hydrogen) atoms. The van der Waals surface area contributed by atoms with Crippen molar-refractivity contribution in [2.45, 2.75) is 31.2 Å². The van der Waals surface area contributed by atoms with Crippen molar-refractivity contribution in [2.24, 2.45) is 7.05 Å². The summed E-state index contributed by atoms with van der Waals surface area (Å²) in [4.78, 5) is 27.2. The molecule has 0 unspecified atom stereocenters. The molecule has 0 aliphatic heterocycles. The normalized spacial score (nSPS) is 12.0. The van der Waals surface area contributed by atoms with E-state index < -0.39 is 26.4 Å². The second-order valence-corrected chi connectivity index (χ2v) is 5.98. The van der Waals surface area contributed by atoms with E-state index in [4.69, 9.17) is 0 Å². The van der Waals surface area contributed by atoms with Crippen LogP contribution in [-0.2, 0) is 23.8 Å². The Morgan fingerprint density at radius 2 is 2.00 bits per heavy atom. The predicted molar refractivity (Wildman–Crippen MR) is 74.4 cm³/mol. The van der Waals surface area contributed by atoms with Crippen molar-refractivity contribution in [3.8, 4) is 0 Å².